The van der Waals surface area contributed by atoms with Gasteiger partial charge < -0.3 is 19.2 Å². The molecule has 3 aromatic rings. The first-order valence-electron chi connectivity index (χ1n) is 10.4. The lowest BCUT2D eigenvalue weighted by molar-refractivity contribution is -0.384. The Morgan fingerprint density at radius 2 is 1.97 bits per heavy atom. The molecule has 1 aliphatic heterocycles. The van der Waals surface area contributed by atoms with E-state index in [1.807, 2.05) is 0 Å². The van der Waals surface area contributed by atoms with Crippen molar-refractivity contribution in [1.82, 2.24) is 10.2 Å². The summed E-state index contributed by atoms with van der Waals surface area (Å²) in [4.78, 5) is 48.4. The van der Waals surface area contributed by atoms with Crippen molar-refractivity contribution in [3.8, 4) is 5.75 Å². The summed E-state index contributed by atoms with van der Waals surface area (Å²) in [5.74, 6) is -1.74. The fraction of sp³-hybridized carbons (Fsp3) is 0.125. The molecule has 0 saturated carbocycles. The number of ether oxygens (including phenoxy) is 2. The number of benzene rings is 2. The van der Waals surface area contributed by atoms with Crippen LogP contribution in [0, 0.1) is 15.9 Å². The van der Waals surface area contributed by atoms with Gasteiger partial charge in [0.2, 0.25) is 5.76 Å². The van der Waals surface area contributed by atoms with Crippen molar-refractivity contribution in [1.29, 1.82) is 0 Å². The highest BCUT2D eigenvalue weighted by Crippen LogP contribution is 2.29. The molecule has 36 heavy (non-hydrogen) atoms. The normalized spacial score (nSPS) is 14.2. The van der Waals surface area contributed by atoms with Crippen molar-refractivity contribution in [3.63, 3.8) is 0 Å². The summed E-state index contributed by atoms with van der Waals surface area (Å²) in [6.45, 7) is -0.446. The first-order chi connectivity index (χ1) is 17.3. The zero-order chi connectivity index (χ0) is 25.8. The van der Waals surface area contributed by atoms with Crippen LogP contribution in [-0.4, -0.2) is 34.8 Å². The molecule has 3 amide bonds. The van der Waals surface area contributed by atoms with Crippen LogP contribution in [0.25, 0.3) is 6.08 Å². The van der Waals surface area contributed by atoms with E-state index < -0.39 is 28.6 Å². The highest BCUT2D eigenvalue weighted by atomic mass is 19.1. The number of halogens is 1. The largest absolute Gasteiger partial charge is 0.488 e. The number of rotatable bonds is 8. The Kier molecular flexibility index (Phi) is 6.77. The molecule has 2 heterocycles. The molecule has 1 aliphatic rings. The number of nitro benzene ring substituents is 1. The van der Waals surface area contributed by atoms with Gasteiger partial charge in [-0.25, -0.2) is 14.0 Å². The molecule has 12 heteroatoms. The van der Waals surface area contributed by atoms with Gasteiger partial charge in [0.25, 0.3) is 11.6 Å². The highest BCUT2D eigenvalue weighted by Gasteiger charge is 2.34. The van der Waals surface area contributed by atoms with Crippen LogP contribution in [0.2, 0.25) is 0 Å². The van der Waals surface area contributed by atoms with Gasteiger partial charge in [-0.05, 0) is 30.3 Å². The number of nitro groups is 1. The Bertz CT molecular complexity index is 1400. The van der Waals surface area contributed by atoms with E-state index in [4.69, 9.17) is 9.15 Å². The van der Waals surface area contributed by atoms with E-state index in [2.05, 4.69) is 10.1 Å². The fourth-order valence-corrected chi connectivity index (χ4v) is 3.36. The van der Waals surface area contributed by atoms with Crippen molar-refractivity contribution in [2.45, 2.75) is 13.2 Å². The number of nitrogens with zero attached hydrogens (tertiary/aromatic N) is 2. The molecule has 0 aliphatic carbocycles. The minimum absolute atomic E-state index is 0.0939. The van der Waals surface area contributed by atoms with E-state index in [0.717, 1.165) is 4.90 Å². The van der Waals surface area contributed by atoms with Gasteiger partial charge >= 0.3 is 12.0 Å². The Morgan fingerprint density at radius 3 is 2.69 bits per heavy atom. The minimum Gasteiger partial charge on any atom is -0.488 e. The smallest absolute Gasteiger partial charge is 0.373 e. The number of hydrogen-bond donors (Lipinski definition) is 1. The molecule has 1 saturated heterocycles. The summed E-state index contributed by atoms with van der Waals surface area (Å²) >= 11 is 0. The zero-order valence-electron chi connectivity index (χ0n) is 18.7. The lowest BCUT2D eigenvalue weighted by Crippen LogP contribution is -2.30. The number of methoxy groups -OCH3 is 1. The maximum atomic E-state index is 14.0. The first-order valence-corrected chi connectivity index (χ1v) is 10.4. The van der Waals surface area contributed by atoms with Gasteiger partial charge in [0.15, 0.2) is 0 Å². The summed E-state index contributed by atoms with van der Waals surface area (Å²) in [5.41, 5.74) is -0.0664. The lowest BCUT2D eigenvalue weighted by atomic mass is 10.1. The van der Waals surface area contributed by atoms with Gasteiger partial charge in [-0.1, -0.05) is 18.2 Å². The van der Waals surface area contributed by atoms with E-state index in [1.165, 1.54) is 61.7 Å². The SMILES string of the molecule is COC(=O)c1ccc(CN2C(=O)N/C(=C\c3cc([N+](=O)[O-])ccc3OCc3ccccc3F)C2=O)o1. The molecule has 1 N–H and O–H groups in total. The summed E-state index contributed by atoms with van der Waals surface area (Å²) in [5, 5.41) is 13.7. The van der Waals surface area contributed by atoms with Crippen LogP contribution in [-0.2, 0) is 22.7 Å². The second kappa shape index (κ2) is 10.1. The third-order valence-electron chi connectivity index (χ3n) is 5.17. The molecule has 11 nitrogen and oxygen atoms in total. The van der Waals surface area contributed by atoms with Crippen LogP contribution in [0.15, 0.2) is 64.7 Å². The molecular formula is C24H18FN3O8. The van der Waals surface area contributed by atoms with Crippen molar-refractivity contribution in [3.05, 3.63) is 98.9 Å². The number of carbonyl (C=O) groups excluding carboxylic acids is 3. The van der Waals surface area contributed by atoms with Crippen LogP contribution < -0.4 is 10.1 Å². The van der Waals surface area contributed by atoms with E-state index in [-0.39, 0.29) is 52.9 Å². The van der Waals surface area contributed by atoms with Gasteiger partial charge in [-0.3, -0.25) is 19.8 Å². The molecule has 1 fully saturated rings. The molecule has 0 unspecified atom stereocenters. The van der Waals surface area contributed by atoms with E-state index in [1.54, 1.807) is 6.07 Å². The summed E-state index contributed by atoms with van der Waals surface area (Å²) < 4.78 is 29.5. The van der Waals surface area contributed by atoms with E-state index >= 15 is 0 Å². The zero-order valence-corrected chi connectivity index (χ0v) is 18.7. The fourth-order valence-electron chi connectivity index (χ4n) is 3.36. The van der Waals surface area contributed by atoms with Crippen molar-refractivity contribution in [2.75, 3.05) is 7.11 Å². The first kappa shape index (κ1) is 24.1. The van der Waals surface area contributed by atoms with Crippen LogP contribution in [0.5, 0.6) is 5.75 Å². The number of hydrogen-bond acceptors (Lipinski definition) is 8. The number of non-ortho nitro benzene ring substituents is 1. The number of nitrogens with one attached hydrogen (secondary N) is 1. The molecular weight excluding hydrogens is 477 g/mol. The predicted molar refractivity (Wildman–Crippen MR) is 121 cm³/mol. The Labute approximate surface area is 202 Å². The molecule has 1 aromatic heterocycles. The number of carbonyl (C=O) groups is 3. The van der Waals surface area contributed by atoms with Gasteiger partial charge in [0.1, 0.15) is 29.6 Å². The number of amides is 3. The number of urea groups is 1. The van der Waals surface area contributed by atoms with E-state index in [9.17, 15) is 28.9 Å². The number of furan rings is 1. The van der Waals surface area contributed by atoms with E-state index in [0.29, 0.717) is 0 Å². The van der Waals surface area contributed by atoms with Gasteiger partial charge in [-0.15, -0.1) is 0 Å². The molecule has 184 valence electrons. The molecule has 0 spiro atoms. The second-order valence-corrected chi connectivity index (χ2v) is 7.50. The van der Waals surface area contributed by atoms with Crippen molar-refractivity contribution in [2.24, 2.45) is 0 Å². The Balaban J connectivity index is 1.58. The quantitative estimate of drug-likeness (QED) is 0.164. The number of esters is 1. The van der Waals surface area contributed by atoms with Crippen LogP contribution in [0.4, 0.5) is 14.9 Å². The molecule has 0 bridgehead atoms. The monoisotopic (exact) mass is 495 g/mol. The summed E-state index contributed by atoms with van der Waals surface area (Å²) in [6, 6.07) is 11.7. The standard InChI is InChI=1S/C24H18FN3O8/c1-34-23(30)21-9-7-17(36-21)12-27-22(29)19(26-24(27)31)11-15-10-16(28(32)33)6-8-20(15)35-13-14-4-2-3-5-18(14)25/h2-11H,12-13H2,1H3,(H,26,31)/b19-11-. The minimum atomic E-state index is -0.762. The number of imide groups is 1. The summed E-state index contributed by atoms with van der Waals surface area (Å²) in [6.07, 6.45) is 1.23. The predicted octanol–water partition coefficient (Wildman–Crippen LogP) is 3.79. The molecule has 0 atom stereocenters. The maximum Gasteiger partial charge on any atom is 0.373 e. The summed E-state index contributed by atoms with van der Waals surface area (Å²) in [7, 11) is 1.18. The van der Waals surface area contributed by atoms with Crippen LogP contribution in [0.1, 0.15) is 27.4 Å². The van der Waals surface area contributed by atoms with Gasteiger partial charge in [0.05, 0.1) is 18.6 Å². The van der Waals surface area contributed by atoms with Crippen LogP contribution >= 0.6 is 0 Å². The van der Waals surface area contributed by atoms with Crippen molar-refractivity contribution < 1.29 is 37.6 Å². The van der Waals surface area contributed by atoms with Gasteiger partial charge in [-0.2, -0.15) is 0 Å². The Hall–Kier alpha value is -5.00. The van der Waals surface area contributed by atoms with Crippen LogP contribution in [0.3, 0.4) is 0 Å². The Morgan fingerprint density at radius 1 is 1.19 bits per heavy atom. The maximum absolute atomic E-state index is 14.0. The van der Waals surface area contributed by atoms with Crippen molar-refractivity contribution >= 4 is 29.7 Å². The average molecular weight is 495 g/mol. The third-order valence-corrected chi connectivity index (χ3v) is 5.17. The molecule has 4 rings (SSSR count). The molecule has 0 radical (unpaired) electrons. The lowest BCUT2D eigenvalue weighted by Gasteiger charge is -2.11. The van der Waals surface area contributed by atoms with Gasteiger partial charge in [0, 0.05) is 23.3 Å². The second-order valence-electron chi connectivity index (χ2n) is 7.50. The topological polar surface area (TPSA) is 141 Å². The molecule has 2 aromatic carbocycles. The average Bonchev–Trinajstić information content (AvgIpc) is 3.44. The highest BCUT2D eigenvalue weighted by molar-refractivity contribution is 6.14. The third kappa shape index (κ3) is 5.06.